The summed E-state index contributed by atoms with van der Waals surface area (Å²) in [5.74, 6) is -0.416. The molecule has 0 aliphatic carbocycles. The normalized spacial score (nSPS) is 20.2. The zero-order valence-corrected chi connectivity index (χ0v) is 17.1. The Bertz CT molecular complexity index is 970. The van der Waals surface area contributed by atoms with Crippen LogP contribution in [0.1, 0.15) is 47.5 Å². The molecule has 154 valence electrons. The molecule has 0 aromatic heterocycles. The fraction of sp³-hybridized carbons (Fsp3) is 0.269. The van der Waals surface area contributed by atoms with Gasteiger partial charge in [-0.25, -0.2) is 4.79 Å². The van der Waals surface area contributed by atoms with Crippen molar-refractivity contribution in [1.29, 1.82) is 0 Å². The molecule has 0 amide bonds. The molecule has 1 N–H and O–H groups in total. The minimum atomic E-state index is -0.823. The Morgan fingerprint density at radius 2 is 1.43 bits per heavy atom. The number of rotatable bonds is 7. The highest BCUT2D eigenvalue weighted by atomic mass is 16.6. The minimum Gasteiger partial charge on any atom is -0.453 e. The first-order valence-electron chi connectivity index (χ1n) is 10.2. The maximum Gasteiger partial charge on any atom is 0.338 e. The molecule has 4 nitrogen and oxygen atoms in total. The molecule has 4 atom stereocenters. The van der Waals surface area contributed by atoms with Crippen LogP contribution >= 0.6 is 0 Å². The molecule has 1 heterocycles. The molecule has 1 fully saturated rings. The maximum atomic E-state index is 12.8. The first-order valence-corrected chi connectivity index (χ1v) is 10.2. The number of hydrogen-bond acceptors (Lipinski definition) is 4. The standard InChI is InChI=1S/C26H26O4/c1-26(2,23(27)22-21(29-22)18-12-6-3-7-13-18)24(19-14-8-4-9-15-19)30-25(28)20-16-10-5-11-17-20/h3-17,21-24,27H,1-2H3/t21?,22?,23-,24?/m1/s1. The molecule has 0 spiro atoms. The first-order chi connectivity index (χ1) is 14.5. The van der Waals surface area contributed by atoms with Gasteiger partial charge < -0.3 is 14.6 Å². The zero-order valence-electron chi connectivity index (χ0n) is 17.1. The SMILES string of the molecule is CC(C)(C(OC(=O)c1ccccc1)c1ccccc1)[C@H](O)C1OC1c1ccccc1. The molecule has 3 aromatic carbocycles. The van der Waals surface area contributed by atoms with Crippen LogP contribution in [0.3, 0.4) is 0 Å². The smallest absolute Gasteiger partial charge is 0.338 e. The lowest BCUT2D eigenvalue weighted by Gasteiger charge is -2.37. The minimum absolute atomic E-state index is 0.151. The quantitative estimate of drug-likeness (QED) is 0.441. The summed E-state index contributed by atoms with van der Waals surface area (Å²) >= 11 is 0. The topological polar surface area (TPSA) is 59.1 Å². The molecule has 0 bridgehead atoms. The van der Waals surface area contributed by atoms with Crippen molar-refractivity contribution in [2.24, 2.45) is 5.41 Å². The van der Waals surface area contributed by atoms with E-state index in [9.17, 15) is 9.90 Å². The maximum absolute atomic E-state index is 12.8. The molecule has 30 heavy (non-hydrogen) atoms. The van der Waals surface area contributed by atoms with Crippen LogP contribution in [-0.4, -0.2) is 23.3 Å². The molecule has 0 saturated carbocycles. The van der Waals surface area contributed by atoms with Gasteiger partial charge in [-0.3, -0.25) is 0 Å². The Balaban J connectivity index is 1.58. The predicted molar refractivity (Wildman–Crippen MR) is 115 cm³/mol. The number of hydrogen-bond donors (Lipinski definition) is 1. The van der Waals surface area contributed by atoms with E-state index >= 15 is 0 Å². The van der Waals surface area contributed by atoms with Crippen molar-refractivity contribution in [3.8, 4) is 0 Å². The summed E-state index contributed by atoms with van der Waals surface area (Å²) in [5.41, 5.74) is 1.58. The molecule has 1 aliphatic rings. The summed E-state index contributed by atoms with van der Waals surface area (Å²) in [4.78, 5) is 12.8. The molecule has 4 rings (SSSR count). The Hall–Kier alpha value is -2.95. The Labute approximate surface area is 177 Å². The van der Waals surface area contributed by atoms with Crippen molar-refractivity contribution >= 4 is 5.97 Å². The van der Waals surface area contributed by atoms with Gasteiger partial charge in [0.05, 0.1) is 11.7 Å². The molecule has 3 unspecified atom stereocenters. The van der Waals surface area contributed by atoms with E-state index in [2.05, 4.69) is 0 Å². The van der Waals surface area contributed by atoms with Crippen LogP contribution in [0, 0.1) is 5.41 Å². The van der Waals surface area contributed by atoms with Crippen LogP contribution in [0.25, 0.3) is 0 Å². The Kier molecular flexibility index (Phi) is 5.71. The fourth-order valence-electron chi connectivity index (χ4n) is 3.88. The molecule has 1 saturated heterocycles. The summed E-state index contributed by atoms with van der Waals surface area (Å²) < 4.78 is 11.8. The number of esters is 1. The second-order valence-corrected chi connectivity index (χ2v) is 8.26. The third-order valence-corrected chi connectivity index (χ3v) is 5.74. The van der Waals surface area contributed by atoms with Gasteiger partial charge in [0.15, 0.2) is 0 Å². The van der Waals surface area contributed by atoms with Crippen molar-refractivity contribution in [3.05, 3.63) is 108 Å². The summed E-state index contributed by atoms with van der Waals surface area (Å²) in [6, 6.07) is 28.3. The second kappa shape index (κ2) is 8.42. The summed E-state index contributed by atoms with van der Waals surface area (Å²) in [6.07, 6.45) is -1.95. The van der Waals surface area contributed by atoms with E-state index in [1.807, 2.05) is 80.6 Å². The second-order valence-electron chi connectivity index (χ2n) is 8.26. The van der Waals surface area contributed by atoms with Gasteiger partial charge in [0.25, 0.3) is 0 Å². The van der Waals surface area contributed by atoms with Crippen molar-refractivity contribution < 1.29 is 19.4 Å². The predicted octanol–water partition coefficient (Wildman–Crippen LogP) is 5.11. The van der Waals surface area contributed by atoms with Crippen molar-refractivity contribution in [2.45, 2.75) is 38.3 Å². The van der Waals surface area contributed by atoms with Crippen molar-refractivity contribution in [1.82, 2.24) is 0 Å². The summed E-state index contributed by atoms with van der Waals surface area (Å²) in [6.45, 7) is 3.83. The average Bonchev–Trinajstić information content (AvgIpc) is 3.59. The third kappa shape index (κ3) is 4.16. The summed E-state index contributed by atoms with van der Waals surface area (Å²) in [5, 5.41) is 11.2. The monoisotopic (exact) mass is 402 g/mol. The largest absolute Gasteiger partial charge is 0.453 e. The number of epoxide rings is 1. The van der Waals surface area contributed by atoms with E-state index in [0.29, 0.717) is 5.56 Å². The van der Waals surface area contributed by atoms with Crippen LogP contribution in [0.4, 0.5) is 0 Å². The van der Waals surface area contributed by atoms with Gasteiger partial charge >= 0.3 is 5.97 Å². The van der Waals surface area contributed by atoms with Gasteiger partial charge in [-0.1, -0.05) is 92.7 Å². The fourth-order valence-corrected chi connectivity index (χ4v) is 3.88. The van der Waals surface area contributed by atoms with Gasteiger partial charge in [-0.05, 0) is 23.3 Å². The van der Waals surface area contributed by atoms with E-state index in [1.54, 1.807) is 24.3 Å². The van der Waals surface area contributed by atoms with Gasteiger partial charge in [0, 0.05) is 5.41 Å². The molecule has 4 heteroatoms. The van der Waals surface area contributed by atoms with Crippen molar-refractivity contribution in [2.75, 3.05) is 0 Å². The third-order valence-electron chi connectivity index (χ3n) is 5.74. The lowest BCUT2D eigenvalue weighted by molar-refractivity contribution is -0.0726. The molecule has 0 radical (unpaired) electrons. The van der Waals surface area contributed by atoms with Crippen molar-refractivity contribution in [3.63, 3.8) is 0 Å². The highest BCUT2D eigenvalue weighted by Gasteiger charge is 2.54. The van der Waals surface area contributed by atoms with E-state index in [1.165, 1.54) is 0 Å². The first kappa shape index (κ1) is 20.3. The lowest BCUT2D eigenvalue weighted by atomic mass is 9.75. The lowest BCUT2D eigenvalue weighted by Crippen LogP contribution is -2.41. The zero-order chi connectivity index (χ0) is 21.1. The van der Waals surface area contributed by atoms with Crippen LogP contribution in [0.15, 0.2) is 91.0 Å². The van der Waals surface area contributed by atoms with E-state index in [4.69, 9.17) is 9.47 Å². The number of aliphatic hydroxyl groups is 1. The van der Waals surface area contributed by atoms with E-state index < -0.39 is 23.6 Å². The molecular weight excluding hydrogens is 376 g/mol. The average molecular weight is 402 g/mol. The molecular formula is C26H26O4. The number of aliphatic hydroxyl groups excluding tert-OH is 1. The van der Waals surface area contributed by atoms with Gasteiger partial charge in [-0.15, -0.1) is 0 Å². The number of ether oxygens (including phenoxy) is 2. The van der Waals surface area contributed by atoms with Gasteiger partial charge in [-0.2, -0.15) is 0 Å². The van der Waals surface area contributed by atoms with E-state index in [-0.39, 0.29) is 12.2 Å². The number of benzene rings is 3. The van der Waals surface area contributed by atoms with Crippen LogP contribution < -0.4 is 0 Å². The molecule has 1 aliphatic heterocycles. The molecule has 3 aromatic rings. The van der Waals surface area contributed by atoms with Gasteiger partial charge in [0.1, 0.15) is 18.3 Å². The number of carbonyl (C=O) groups is 1. The Morgan fingerprint density at radius 3 is 2.03 bits per heavy atom. The Morgan fingerprint density at radius 1 is 0.900 bits per heavy atom. The van der Waals surface area contributed by atoms with Crippen LogP contribution in [0.2, 0.25) is 0 Å². The summed E-state index contributed by atoms with van der Waals surface area (Å²) in [7, 11) is 0. The number of carbonyl (C=O) groups excluding carboxylic acids is 1. The van der Waals surface area contributed by atoms with E-state index in [0.717, 1.165) is 11.1 Å². The highest BCUT2D eigenvalue weighted by molar-refractivity contribution is 5.89. The highest BCUT2D eigenvalue weighted by Crippen LogP contribution is 2.50. The van der Waals surface area contributed by atoms with Crippen LogP contribution in [0.5, 0.6) is 0 Å². The van der Waals surface area contributed by atoms with Gasteiger partial charge in [0.2, 0.25) is 0 Å². The van der Waals surface area contributed by atoms with Crippen LogP contribution in [-0.2, 0) is 9.47 Å².